The fourth-order valence-electron chi connectivity index (χ4n) is 4.30. The number of guanidine groups is 1. The van der Waals surface area contributed by atoms with Gasteiger partial charge in [-0.15, -0.1) is 24.0 Å². The van der Waals surface area contributed by atoms with Crippen molar-refractivity contribution in [3.63, 3.8) is 0 Å². The predicted molar refractivity (Wildman–Crippen MR) is 139 cm³/mol. The van der Waals surface area contributed by atoms with Crippen molar-refractivity contribution in [1.82, 2.24) is 15.5 Å². The lowest BCUT2D eigenvalue weighted by Gasteiger charge is -2.34. The number of nitrogens with zero attached hydrogens (tertiary/aromatic N) is 3. The Morgan fingerprint density at radius 3 is 2.77 bits per heavy atom. The molecule has 2 unspecified atom stereocenters. The largest absolute Gasteiger partial charge is 0.497 e. The van der Waals surface area contributed by atoms with Gasteiger partial charge in [0.25, 0.3) is 0 Å². The maximum absolute atomic E-state index is 5.94. The predicted octanol–water partition coefficient (Wildman–Crippen LogP) is 2.66. The highest BCUT2D eigenvalue weighted by Gasteiger charge is 2.24. The van der Waals surface area contributed by atoms with E-state index >= 15 is 0 Å². The molecule has 7 nitrogen and oxygen atoms in total. The summed E-state index contributed by atoms with van der Waals surface area (Å²) in [5.41, 5.74) is 1.24. The van der Waals surface area contributed by atoms with E-state index in [1.54, 1.807) is 7.11 Å². The molecule has 31 heavy (non-hydrogen) atoms. The van der Waals surface area contributed by atoms with Gasteiger partial charge in [-0.1, -0.05) is 19.9 Å². The maximum Gasteiger partial charge on any atom is 0.191 e. The van der Waals surface area contributed by atoms with Crippen LogP contribution in [-0.2, 0) is 4.74 Å². The van der Waals surface area contributed by atoms with Crippen LogP contribution in [0.15, 0.2) is 29.3 Å². The molecule has 0 aromatic heterocycles. The van der Waals surface area contributed by atoms with E-state index in [9.17, 15) is 0 Å². The molecule has 0 bridgehead atoms. The second-order valence-electron chi connectivity index (χ2n) is 8.78. The molecule has 2 N–H and O–H groups in total. The summed E-state index contributed by atoms with van der Waals surface area (Å²) in [5.74, 6) is 3.06. The molecule has 2 saturated heterocycles. The zero-order valence-corrected chi connectivity index (χ0v) is 21.8. The lowest BCUT2D eigenvalue weighted by atomic mass is 10.1. The van der Waals surface area contributed by atoms with Crippen LogP contribution in [0.3, 0.4) is 0 Å². The lowest BCUT2D eigenvalue weighted by molar-refractivity contribution is -0.0284. The number of hydrogen-bond acceptors (Lipinski definition) is 5. The summed E-state index contributed by atoms with van der Waals surface area (Å²) < 4.78 is 11.3. The molecule has 2 aliphatic rings. The monoisotopic (exact) mass is 545 g/mol. The Hall–Kier alpha value is -1.26. The first-order chi connectivity index (χ1) is 14.6. The van der Waals surface area contributed by atoms with Gasteiger partial charge in [-0.25, -0.2) is 0 Å². The van der Waals surface area contributed by atoms with E-state index < -0.39 is 0 Å². The number of benzene rings is 1. The van der Waals surface area contributed by atoms with Crippen molar-refractivity contribution in [2.24, 2.45) is 16.8 Å². The zero-order chi connectivity index (χ0) is 21.3. The van der Waals surface area contributed by atoms with Gasteiger partial charge in [0.1, 0.15) is 5.75 Å². The van der Waals surface area contributed by atoms with Crippen molar-refractivity contribution >= 4 is 35.6 Å². The molecule has 8 heteroatoms. The number of rotatable bonds is 8. The normalized spacial score (nSPS) is 22.4. The molecule has 2 atom stereocenters. The van der Waals surface area contributed by atoms with Crippen LogP contribution in [0.4, 0.5) is 5.69 Å². The summed E-state index contributed by atoms with van der Waals surface area (Å²) in [5, 5.41) is 6.96. The van der Waals surface area contributed by atoms with Crippen LogP contribution in [0.25, 0.3) is 0 Å². The highest BCUT2D eigenvalue weighted by atomic mass is 127. The fourth-order valence-corrected chi connectivity index (χ4v) is 4.30. The van der Waals surface area contributed by atoms with Crippen molar-refractivity contribution in [3.05, 3.63) is 24.3 Å². The van der Waals surface area contributed by atoms with Crippen LogP contribution in [0.5, 0.6) is 5.75 Å². The van der Waals surface area contributed by atoms with Gasteiger partial charge < -0.3 is 25.0 Å². The van der Waals surface area contributed by atoms with Crippen molar-refractivity contribution in [2.75, 3.05) is 71.5 Å². The molecule has 176 valence electrons. The summed E-state index contributed by atoms with van der Waals surface area (Å²) in [6.45, 7) is 12.3. The van der Waals surface area contributed by atoms with E-state index in [4.69, 9.17) is 9.47 Å². The third-order valence-electron chi connectivity index (χ3n) is 5.83. The Bertz CT molecular complexity index is 688. The SMILES string of the molecule is CN=C(NCC1CCN(c2cccc(OC)c2)C1)NCC1CN(CC(C)C)CCO1.I. The molecule has 0 radical (unpaired) electrons. The average molecular weight is 546 g/mol. The Morgan fingerprint density at radius 2 is 2.03 bits per heavy atom. The Morgan fingerprint density at radius 1 is 1.23 bits per heavy atom. The summed E-state index contributed by atoms with van der Waals surface area (Å²) in [6, 6.07) is 8.32. The topological polar surface area (TPSA) is 61.4 Å². The number of halogens is 1. The van der Waals surface area contributed by atoms with Crippen molar-refractivity contribution in [2.45, 2.75) is 26.4 Å². The smallest absolute Gasteiger partial charge is 0.191 e. The van der Waals surface area contributed by atoms with Gasteiger partial charge in [0.2, 0.25) is 0 Å². The van der Waals surface area contributed by atoms with Gasteiger partial charge in [-0.2, -0.15) is 0 Å². The van der Waals surface area contributed by atoms with E-state index in [0.29, 0.717) is 11.8 Å². The summed E-state index contributed by atoms with van der Waals surface area (Å²) >= 11 is 0. The van der Waals surface area contributed by atoms with Gasteiger partial charge in [-0.3, -0.25) is 9.89 Å². The number of aliphatic imine (C=N–C) groups is 1. The summed E-state index contributed by atoms with van der Waals surface area (Å²) in [4.78, 5) is 9.33. The standard InChI is InChI=1S/C23H39N5O2.HI/c1-18(2)15-27-10-11-30-22(17-27)14-26-23(24-3)25-13-19-8-9-28(16-19)20-6-5-7-21(12-20)29-4;/h5-7,12,18-19,22H,8-11,13-17H2,1-4H3,(H2,24,25,26);1H. The van der Waals surface area contributed by atoms with Crippen LogP contribution in [0, 0.1) is 11.8 Å². The minimum absolute atomic E-state index is 0. The first-order valence-electron chi connectivity index (χ1n) is 11.2. The van der Waals surface area contributed by atoms with Gasteiger partial charge in [-0.05, 0) is 30.4 Å². The first-order valence-corrected chi connectivity index (χ1v) is 11.2. The number of hydrogen-bond donors (Lipinski definition) is 2. The third kappa shape index (κ3) is 8.31. The van der Waals surface area contributed by atoms with Gasteiger partial charge >= 0.3 is 0 Å². The number of morpholine rings is 1. The van der Waals surface area contributed by atoms with Crippen molar-refractivity contribution in [1.29, 1.82) is 0 Å². The first kappa shape index (κ1) is 26.0. The van der Waals surface area contributed by atoms with Crippen molar-refractivity contribution < 1.29 is 9.47 Å². The highest BCUT2D eigenvalue weighted by molar-refractivity contribution is 14.0. The Kier molecular flexibility index (Phi) is 11.2. The number of nitrogens with one attached hydrogen (secondary N) is 2. The van der Waals surface area contributed by atoms with E-state index in [0.717, 1.165) is 64.1 Å². The highest BCUT2D eigenvalue weighted by Crippen LogP contribution is 2.26. The maximum atomic E-state index is 5.94. The second kappa shape index (κ2) is 13.3. The minimum Gasteiger partial charge on any atom is -0.497 e. The Labute approximate surface area is 205 Å². The van der Waals surface area contributed by atoms with E-state index in [1.165, 1.54) is 12.1 Å². The third-order valence-corrected chi connectivity index (χ3v) is 5.83. The minimum atomic E-state index is 0. The molecule has 2 heterocycles. The quantitative estimate of drug-likeness (QED) is 0.298. The molecule has 2 fully saturated rings. The molecule has 0 amide bonds. The molecule has 3 rings (SSSR count). The molecular weight excluding hydrogens is 505 g/mol. The second-order valence-corrected chi connectivity index (χ2v) is 8.78. The van der Waals surface area contributed by atoms with E-state index in [-0.39, 0.29) is 30.1 Å². The zero-order valence-electron chi connectivity index (χ0n) is 19.5. The molecule has 1 aromatic carbocycles. The molecule has 0 spiro atoms. The molecular formula is C23H40IN5O2. The van der Waals surface area contributed by atoms with Crippen LogP contribution >= 0.6 is 24.0 Å². The number of ether oxygens (including phenoxy) is 2. The molecule has 2 aliphatic heterocycles. The van der Waals surface area contributed by atoms with E-state index in [1.807, 2.05) is 13.1 Å². The Balaban J connectivity index is 0.00000341. The fraction of sp³-hybridized carbons (Fsp3) is 0.696. The van der Waals surface area contributed by atoms with E-state index in [2.05, 4.69) is 57.5 Å². The van der Waals surface area contributed by atoms with Crippen LogP contribution < -0.4 is 20.3 Å². The van der Waals surface area contributed by atoms with Gasteiger partial charge in [0.15, 0.2) is 5.96 Å². The van der Waals surface area contributed by atoms with Gasteiger partial charge in [0.05, 0.1) is 19.8 Å². The van der Waals surface area contributed by atoms with Crippen LogP contribution in [0.2, 0.25) is 0 Å². The lowest BCUT2D eigenvalue weighted by Crippen LogP contribution is -2.50. The average Bonchev–Trinajstić information content (AvgIpc) is 3.23. The van der Waals surface area contributed by atoms with Crippen LogP contribution in [0.1, 0.15) is 20.3 Å². The number of anilines is 1. The van der Waals surface area contributed by atoms with Crippen LogP contribution in [-0.4, -0.2) is 83.5 Å². The summed E-state index contributed by atoms with van der Waals surface area (Å²) in [6.07, 6.45) is 1.39. The molecule has 1 aromatic rings. The van der Waals surface area contributed by atoms with Crippen molar-refractivity contribution in [3.8, 4) is 5.75 Å². The summed E-state index contributed by atoms with van der Waals surface area (Å²) in [7, 11) is 3.55. The van der Waals surface area contributed by atoms with Gasteiger partial charge in [0, 0.05) is 64.6 Å². The number of methoxy groups -OCH3 is 1. The molecule has 0 saturated carbocycles. The molecule has 0 aliphatic carbocycles.